The summed E-state index contributed by atoms with van der Waals surface area (Å²) in [5.41, 5.74) is 1.60. The Hall–Kier alpha value is -1.20. The fraction of sp³-hybridized carbons (Fsp3) is 0.364. The molecular formula is C11H13ClN2. The fourth-order valence-corrected chi connectivity index (χ4v) is 1.61. The van der Waals surface area contributed by atoms with Crippen LogP contribution < -0.4 is 4.90 Å². The normalized spacial score (nSPS) is 9.57. The van der Waals surface area contributed by atoms with Crippen LogP contribution in [0.3, 0.4) is 0 Å². The summed E-state index contributed by atoms with van der Waals surface area (Å²) >= 11 is 5.82. The van der Waals surface area contributed by atoms with E-state index in [1.165, 1.54) is 0 Å². The largest absolute Gasteiger partial charge is 0.371 e. The molecule has 3 heteroatoms. The number of anilines is 1. The third-order valence-corrected chi connectivity index (χ3v) is 2.42. The van der Waals surface area contributed by atoms with Gasteiger partial charge in [-0.1, -0.05) is 11.6 Å². The van der Waals surface area contributed by atoms with Gasteiger partial charge in [-0.05, 0) is 32.0 Å². The minimum absolute atomic E-state index is 0.609. The molecule has 0 aromatic heterocycles. The predicted molar refractivity (Wildman–Crippen MR) is 59.7 cm³/mol. The fourth-order valence-electron chi connectivity index (χ4n) is 1.44. The van der Waals surface area contributed by atoms with E-state index >= 15 is 0 Å². The number of benzene rings is 1. The lowest BCUT2D eigenvalue weighted by Crippen LogP contribution is -2.22. The van der Waals surface area contributed by atoms with E-state index in [2.05, 4.69) is 24.8 Å². The molecule has 0 saturated carbocycles. The lowest BCUT2D eigenvalue weighted by molar-refractivity contribution is 0.864. The van der Waals surface area contributed by atoms with Crippen LogP contribution in [0.5, 0.6) is 0 Å². The van der Waals surface area contributed by atoms with Gasteiger partial charge in [0.1, 0.15) is 6.07 Å². The van der Waals surface area contributed by atoms with Gasteiger partial charge in [0.25, 0.3) is 0 Å². The van der Waals surface area contributed by atoms with Gasteiger partial charge in [0.2, 0.25) is 0 Å². The highest BCUT2D eigenvalue weighted by molar-refractivity contribution is 6.30. The highest BCUT2D eigenvalue weighted by atomic mass is 35.5. The number of nitriles is 1. The number of halogens is 1. The smallest absolute Gasteiger partial charge is 0.101 e. The molecule has 0 N–H and O–H groups in total. The molecule has 14 heavy (non-hydrogen) atoms. The topological polar surface area (TPSA) is 27.0 Å². The summed E-state index contributed by atoms with van der Waals surface area (Å²) in [5.74, 6) is 0. The van der Waals surface area contributed by atoms with Crippen molar-refractivity contribution in [2.75, 3.05) is 18.0 Å². The molecular weight excluding hydrogens is 196 g/mol. The Morgan fingerprint density at radius 1 is 1.36 bits per heavy atom. The molecule has 0 heterocycles. The Labute approximate surface area is 89.7 Å². The quantitative estimate of drug-likeness (QED) is 0.764. The van der Waals surface area contributed by atoms with Gasteiger partial charge in [0.05, 0.1) is 11.3 Å². The van der Waals surface area contributed by atoms with Crippen LogP contribution in [-0.4, -0.2) is 13.1 Å². The van der Waals surface area contributed by atoms with Gasteiger partial charge < -0.3 is 4.90 Å². The van der Waals surface area contributed by atoms with Crippen molar-refractivity contribution in [2.45, 2.75) is 13.8 Å². The molecule has 2 nitrogen and oxygen atoms in total. The molecule has 0 aliphatic rings. The summed E-state index contributed by atoms with van der Waals surface area (Å²) in [4.78, 5) is 2.13. The minimum atomic E-state index is 0.609. The zero-order valence-electron chi connectivity index (χ0n) is 8.42. The van der Waals surface area contributed by atoms with Crippen LogP contribution >= 0.6 is 11.6 Å². The highest BCUT2D eigenvalue weighted by Gasteiger charge is 2.07. The van der Waals surface area contributed by atoms with Gasteiger partial charge in [-0.15, -0.1) is 0 Å². The van der Waals surface area contributed by atoms with Crippen molar-refractivity contribution >= 4 is 17.3 Å². The number of hydrogen-bond donors (Lipinski definition) is 0. The van der Waals surface area contributed by atoms with E-state index in [1.807, 2.05) is 12.1 Å². The Bertz CT molecular complexity index is 351. The highest BCUT2D eigenvalue weighted by Crippen LogP contribution is 2.23. The Morgan fingerprint density at radius 2 is 2.00 bits per heavy atom. The molecule has 0 spiro atoms. The van der Waals surface area contributed by atoms with Crippen molar-refractivity contribution in [3.8, 4) is 6.07 Å². The molecule has 74 valence electrons. The second kappa shape index (κ2) is 4.88. The molecule has 0 saturated heterocycles. The van der Waals surface area contributed by atoms with Crippen molar-refractivity contribution in [1.82, 2.24) is 0 Å². The van der Waals surface area contributed by atoms with Gasteiger partial charge in [-0.3, -0.25) is 0 Å². The molecule has 1 aromatic rings. The summed E-state index contributed by atoms with van der Waals surface area (Å²) in [6.45, 7) is 5.93. The van der Waals surface area contributed by atoms with E-state index in [0.717, 1.165) is 18.8 Å². The number of hydrogen-bond acceptors (Lipinski definition) is 2. The van der Waals surface area contributed by atoms with E-state index in [-0.39, 0.29) is 0 Å². The molecule has 1 aromatic carbocycles. The van der Waals surface area contributed by atoms with E-state index < -0.39 is 0 Å². The third-order valence-electron chi connectivity index (χ3n) is 2.18. The second-order valence-electron chi connectivity index (χ2n) is 2.95. The van der Waals surface area contributed by atoms with Crippen molar-refractivity contribution in [3.63, 3.8) is 0 Å². The lowest BCUT2D eigenvalue weighted by Gasteiger charge is -2.22. The van der Waals surface area contributed by atoms with Crippen LogP contribution in [0.2, 0.25) is 5.02 Å². The standard InChI is InChI=1S/C11H13ClN2/c1-3-14(4-2)11-6-5-10(12)7-9(11)8-13/h5-7H,3-4H2,1-2H3. The monoisotopic (exact) mass is 208 g/mol. The van der Waals surface area contributed by atoms with Gasteiger partial charge in [-0.2, -0.15) is 5.26 Å². The predicted octanol–water partition coefficient (Wildman–Crippen LogP) is 3.06. The summed E-state index contributed by atoms with van der Waals surface area (Å²) in [6.07, 6.45) is 0. The van der Waals surface area contributed by atoms with Crippen LogP contribution in [0, 0.1) is 11.3 Å². The molecule has 0 aliphatic carbocycles. The molecule has 0 bridgehead atoms. The summed E-state index contributed by atoms with van der Waals surface area (Å²) in [6, 6.07) is 7.58. The second-order valence-corrected chi connectivity index (χ2v) is 3.38. The first kappa shape index (κ1) is 10.9. The first-order valence-corrected chi connectivity index (χ1v) is 5.05. The van der Waals surface area contributed by atoms with E-state index in [4.69, 9.17) is 16.9 Å². The Balaban J connectivity index is 3.14. The van der Waals surface area contributed by atoms with Gasteiger partial charge >= 0.3 is 0 Å². The van der Waals surface area contributed by atoms with Crippen LogP contribution in [0.25, 0.3) is 0 Å². The molecule has 0 aliphatic heterocycles. The van der Waals surface area contributed by atoms with E-state index in [0.29, 0.717) is 10.6 Å². The zero-order chi connectivity index (χ0) is 10.6. The van der Waals surface area contributed by atoms with Gasteiger partial charge in [-0.25, -0.2) is 0 Å². The average molecular weight is 209 g/mol. The summed E-state index contributed by atoms with van der Waals surface area (Å²) in [5, 5.41) is 9.56. The average Bonchev–Trinajstić information content (AvgIpc) is 2.21. The first-order chi connectivity index (χ1) is 6.72. The summed E-state index contributed by atoms with van der Waals surface area (Å²) < 4.78 is 0. The maximum Gasteiger partial charge on any atom is 0.101 e. The third kappa shape index (κ3) is 2.18. The van der Waals surface area contributed by atoms with Crippen LogP contribution in [0.15, 0.2) is 18.2 Å². The SMILES string of the molecule is CCN(CC)c1ccc(Cl)cc1C#N. The van der Waals surface area contributed by atoms with Crippen LogP contribution in [0.4, 0.5) is 5.69 Å². The molecule has 0 amide bonds. The van der Waals surface area contributed by atoms with Crippen molar-refractivity contribution in [3.05, 3.63) is 28.8 Å². The van der Waals surface area contributed by atoms with Crippen LogP contribution in [0.1, 0.15) is 19.4 Å². The first-order valence-electron chi connectivity index (χ1n) is 4.67. The molecule has 0 unspecified atom stereocenters. The van der Waals surface area contributed by atoms with Crippen molar-refractivity contribution in [2.24, 2.45) is 0 Å². The van der Waals surface area contributed by atoms with Gasteiger partial charge in [0.15, 0.2) is 0 Å². The maximum atomic E-state index is 8.95. The summed E-state index contributed by atoms with van der Waals surface area (Å²) in [7, 11) is 0. The zero-order valence-corrected chi connectivity index (χ0v) is 9.17. The molecule has 1 rings (SSSR count). The molecule has 0 atom stereocenters. The molecule has 0 radical (unpaired) electrons. The Morgan fingerprint density at radius 3 is 2.50 bits per heavy atom. The minimum Gasteiger partial charge on any atom is -0.371 e. The van der Waals surface area contributed by atoms with E-state index in [9.17, 15) is 0 Å². The van der Waals surface area contributed by atoms with Crippen LogP contribution in [-0.2, 0) is 0 Å². The number of nitrogens with zero attached hydrogens (tertiary/aromatic N) is 2. The lowest BCUT2D eigenvalue weighted by atomic mass is 10.1. The maximum absolute atomic E-state index is 8.95. The van der Waals surface area contributed by atoms with Crippen molar-refractivity contribution in [1.29, 1.82) is 5.26 Å². The Kier molecular flexibility index (Phi) is 3.79. The van der Waals surface area contributed by atoms with Gasteiger partial charge in [0, 0.05) is 18.1 Å². The molecule has 0 fully saturated rings. The number of rotatable bonds is 3. The van der Waals surface area contributed by atoms with Crippen molar-refractivity contribution < 1.29 is 0 Å². The van der Waals surface area contributed by atoms with E-state index in [1.54, 1.807) is 6.07 Å².